The average molecular weight is 467 g/mol. The van der Waals surface area contributed by atoms with Crippen molar-refractivity contribution in [3.05, 3.63) is 90.1 Å². The first-order valence-electron chi connectivity index (χ1n) is 10.00. The van der Waals surface area contributed by atoms with E-state index in [1.54, 1.807) is 48.3 Å². The van der Waals surface area contributed by atoms with Gasteiger partial charge >= 0.3 is 0 Å². The number of hydrogen-bond acceptors (Lipinski definition) is 6. The smallest absolute Gasteiger partial charge is 0.276 e. The lowest BCUT2D eigenvalue weighted by Gasteiger charge is -2.09. The zero-order valence-electron chi connectivity index (χ0n) is 18.0. The van der Waals surface area contributed by atoms with Crippen molar-refractivity contribution in [3.63, 3.8) is 0 Å². The van der Waals surface area contributed by atoms with Gasteiger partial charge in [-0.2, -0.15) is 5.10 Å². The minimum Gasteiger partial charge on any atom is -0.494 e. The molecular formula is C23H22N4O5S. The number of hydrogen-bond donors (Lipinski definition) is 2. The third kappa shape index (κ3) is 5.13. The van der Waals surface area contributed by atoms with Crippen molar-refractivity contribution in [2.24, 2.45) is 0 Å². The highest BCUT2D eigenvalue weighted by atomic mass is 32.2. The van der Waals surface area contributed by atoms with E-state index in [-0.39, 0.29) is 17.1 Å². The van der Waals surface area contributed by atoms with Crippen molar-refractivity contribution < 1.29 is 22.4 Å². The molecule has 0 aliphatic rings. The van der Waals surface area contributed by atoms with Crippen molar-refractivity contribution in [3.8, 4) is 11.4 Å². The molecule has 2 N–H and O–H groups in total. The van der Waals surface area contributed by atoms with Crippen molar-refractivity contribution in [1.82, 2.24) is 14.5 Å². The van der Waals surface area contributed by atoms with Crippen molar-refractivity contribution in [2.45, 2.75) is 18.4 Å². The Hall–Kier alpha value is -3.89. The molecule has 0 fully saturated rings. The van der Waals surface area contributed by atoms with E-state index in [2.05, 4.69) is 15.1 Å². The van der Waals surface area contributed by atoms with Gasteiger partial charge in [0.15, 0.2) is 5.69 Å². The van der Waals surface area contributed by atoms with Crippen LogP contribution in [0.3, 0.4) is 0 Å². The number of furan rings is 1. The number of nitrogens with one attached hydrogen (secondary N) is 2. The maximum absolute atomic E-state index is 12.7. The molecule has 0 saturated carbocycles. The maximum Gasteiger partial charge on any atom is 0.276 e. The minimum atomic E-state index is -3.80. The Morgan fingerprint density at radius 2 is 1.97 bits per heavy atom. The monoisotopic (exact) mass is 466 g/mol. The molecule has 0 bridgehead atoms. The van der Waals surface area contributed by atoms with Gasteiger partial charge in [-0.15, -0.1) is 0 Å². The molecule has 2 aromatic carbocycles. The van der Waals surface area contributed by atoms with Crippen LogP contribution in [0.2, 0.25) is 0 Å². The van der Waals surface area contributed by atoms with E-state index >= 15 is 0 Å². The minimum absolute atomic E-state index is 0.0156. The Labute approximate surface area is 191 Å². The second kappa shape index (κ2) is 9.31. The van der Waals surface area contributed by atoms with Crippen molar-refractivity contribution in [1.29, 1.82) is 0 Å². The van der Waals surface area contributed by atoms with Crippen LogP contribution in [0, 0.1) is 6.92 Å². The Kier molecular flexibility index (Phi) is 6.29. The molecule has 10 heteroatoms. The van der Waals surface area contributed by atoms with Crippen LogP contribution >= 0.6 is 0 Å². The molecule has 33 heavy (non-hydrogen) atoms. The standard InChI is InChI=1S/C23H22N4O5S/c1-16-8-9-22(31-2)21(13-16)27-11-10-20(26-27)23(28)25-17-5-3-7-19(14-17)33(29,30)24-15-18-6-4-12-32-18/h3-14,24H,15H2,1-2H3,(H,25,28). The molecule has 170 valence electrons. The largest absolute Gasteiger partial charge is 0.494 e. The lowest BCUT2D eigenvalue weighted by atomic mass is 10.2. The summed E-state index contributed by atoms with van der Waals surface area (Å²) in [5.74, 6) is 0.637. The molecule has 0 aliphatic carbocycles. The maximum atomic E-state index is 12.7. The molecular weight excluding hydrogens is 444 g/mol. The number of rotatable bonds is 8. The van der Waals surface area contributed by atoms with Gasteiger partial charge in [0.05, 0.1) is 24.8 Å². The molecule has 9 nitrogen and oxygen atoms in total. The highest BCUT2D eigenvalue weighted by Gasteiger charge is 2.17. The molecule has 0 unspecified atom stereocenters. The van der Waals surface area contributed by atoms with Crippen LogP contribution in [0.1, 0.15) is 21.8 Å². The number of anilines is 1. The number of benzene rings is 2. The van der Waals surface area contributed by atoms with Gasteiger partial charge in [0.2, 0.25) is 10.0 Å². The van der Waals surface area contributed by atoms with Gasteiger partial charge in [0.1, 0.15) is 17.2 Å². The number of carbonyl (C=O) groups excluding carboxylic acids is 1. The first kappa shape index (κ1) is 22.3. The zero-order chi connectivity index (χ0) is 23.4. The van der Waals surface area contributed by atoms with E-state index in [0.29, 0.717) is 22.9 Å². The van der Waals surface area contributed by atoms with Gasteiger partial charge in [-0.25, -0.2) is 17.8 Å². The van der Waals surface area contributed by atoms with E-state index in [0.717, 1.165) is 5.56 Å². The van der Waals surface area contributed by atoms with Crippen LogP contribution in [0.15, 0.2) is 82.4 Å². The number of aryl methyl sites for hydroxylation is 1. The van der Waals surface area contributed by atoms with Crippen LogP contribution in [0.25, 0.3) is 5.69 Å². The highest BCUT2D eigenvalue weighted by Crippen LogP contribution is 2.24. The number of amides is 1. The Balaban J connectivity index is 1.49. The predicted octanol–water partition coefficient (Wildman–Crippen LogP) is 3.51. The van der Waals surface area contributed by atoms with Gasteiger partial charge in [-0.05, 0) is 61.0 Å². The molecule has 4 rings (SSSR count). The van der Waals surface area contributed by atoms with E-state index in [9.17, 15) is 13.2 Å². The number of ether oxygens (including phenoxy) is 1. The molecule has 0 aliphatic heterocycles. The topological polar surface area (TPSA) is 115 Å². The molecule has 4 aromatic rings. The summed E-state index contributed by atoms with van der Waals surface area (Å²) in [6.45, 7) is 1.97. The summed E-state index contributed by atoms with van der Waals surface area (Å²) in [5, 5.41) is 7.03. The lowest BCUT2D eigenvalue weighted by Crippen LogP contribution is -2.23. The van der Waals surface area contributed by atoms with E-state index < -0.39 is 15.9 Å². The summed E-state index contributed by atoms with van der Waals surface area (Å²) in [4.78, 5) is 12.7. The van der Waals surface area contributed by atoms with Crippen LogP contribution < -0.4 is 14.8 Å². The molecule has 0 spiro atoms. The van der Waals surface area contributed by atoms with Crippen molar-refractivity contribution in [2.75, 3.05) is 12.4 Å². The summed E-state index contributed by atoms with van der Waals surface area (Å²) in [6.07, 6.45) is 3.13. The first-order valence-corrected chi connectivity index (χ1v) is 11.5. The van der Waals surface area contributed by atoms with Gasteiger partial charge in [-0.1, -0.05) is 12.1 Å². The number of nitrogens with zero attached hydrogens (tertiary/aromatic N) is 2. The first-order chi connectivity index (χ1) is 15.9. The Bertz CT molecular complexity index is 1380. The highest BCUT2D eigenvalue weighted by molar-refractivity contribution is 7.89. The molecule has 1 amide bonds. The van der Waals surface area contributed by atoms with Gasteiger partial charge in [0, 0.05) is 11.9 Å². The Morgan fingerprint density at radius 3 is 2.73 bits per heavy atom. The van der Waals surface area contributed by atoms with Gasteiger partial charge in [0.25, 0.3) is 5.91 Å². The summed E-state index contributed by atoms with van der Waals surface area (Å²) >= 11 is 0. The fourth-order valence-corrected chi connectivity index (χ4v) is 4.20. The van der Waals surface area contributed by atoms with Crippen LogP contribution in [-0.4, -0.2) is 31.2 Å². The second-order valence-electron chi connectivity index (χ2n) is 7.21. The van der Waals surface area contributed by atoms with Crippen LogP contribution in [0.4, 0.5) is 5.69 Å². The second-order valence-corrected chi connectivity index (χ2v) is 8.97. The lowest BCUT2D eigenvalue weighted by molar-refractivity contribution is 0.102. The SMILES string of the molecule is COc1ccc(C)cc1-n1ccc(C(=O)Nc2cccc(S(=O)(=O)NCc3ccco3)c2)n1. The summed E-state index contributed by atoms with van der Waals surface area (Å²) in [6, 6.07) is 16.5. The van der Waals surface area contributed by atoms with Crippen molar-refractivity contribution >= 4 is 21.6 Å². The average Bonchev–Trinajstić information content (AvgIpc) is 3.50. The normalized spacial score (nSPS) is 11.3. The van der Waals surface area contributed by atoms with Crippen LogP contribution in [-0.2, 0) is 16.6 Å². The van der Waals surface area contributed by atoms with E-state index in [1.807, 2.05) is 25.1 Å². The quantitative estimate of drug-likeness (QED) is 0.411. The number of aromatic nitrogens is 2. The third-order valence-electron chi connectivity index (χ3n) is 4.82. The Morgan fingerprint density at radius 1 is 1.12 bits per heavy atom. The fourth-order valence-electron chi connectivity index (χ4n) is 3.16. The summed E-state index contributed by atoms with van der Waals surface area (Å²) in [5.41, 5.74) is 2.21. The molecule has 2 aromatic heterocycles. The fraction of sp³-hybridized carbons (Fsp3) is 0.130. The zero-order valence-corrected chi connectivity index (χ0v) is 18.8. The van der Waals surface area contributed by atoms with Crippen LogP contribution in [0.5, 0.6) is 5.75 Å². The molecule has 0 saturated heterocycles. The van der Waals surface area contributed by atoms with Gasteiger partial charge in [-0.3, -0.25) is 4.79 Å². The molecule has 0 atom stereocenters. The summed E-state index contributed by atoms with van der Waals surface area (Å²) in [7, 11) is -2.23. The number of methoxy groups -OCH3 is 1. The molecule has 2 heterocycles. The number of carbonyl (C=O) groups is 1. The van der Waals surface area contributed by atoms with E-state index in [1.165, 1.54) is 18.4 Å². The predicted molar refractivity (Wildman–Crippen MR) is 122 cm³/mol. The van der Waals surface area contributed by atoms with Gasteiger partial charge < -0.3 is 14.5 Å². The third-order valence-corrected chi connectivity index (χ3v) is 6.22. The molecule has 0 radical (unpaired) electrons. The van der Waals surface area contributed by atoms with E-state index in [4.69, 9.17) is 9.15 Å². The summed E-state index contributed by atoms with van der Waals surface area (Å²) < 4.78 is 39.7. The number of sulfonamides is 1.